The third-order valence-electron chi connectivity index (χ3n) is 1.59. The van der Waals surface area contributed by atoms with E-state index in [9.17, 15) is 4.39 Å². The molecule has 0 fully saturated rings. The molecule has 0 heterocycles. The lowest BCUT2D eigenvalue weighted by Crippen LogP contribution is -1.87. The quantitative estimate of drug-likeness (QED) is 0.869. The van der Waals surface area contributed by atoms with E-state index in [2.05, 4.69) is 15.9 Å². The Bertz CT molecular complexity index is 336. The van der Waals surface area contributed by atoms with Crippen LogP contribution in [0.25, 0.3) is 0 Å². The summed E-state index contributed by atoms with van der Waals surface area (Å²) in [6.45, 7) is 0. The van der Waals surface area contributed by atoms with Gasteiger partial charge in [0.25, 0.3) is 0 Å². The fourth-order valence-electron chi connectivity index (χ4n) is 0.974. The van der Waals surface area contributed by atoms with Crippen molar-refractivity contribution in [3.63, 3.8) is 0 Å². The monoisotopic (exact) mass is 243 g/mol. The standard InChI is InChI=1S/C9H7BrFNO/c10-7-4-6(2-1-3-12)5-8(13)9(7)11/h4-5,13H,1-2H2. The number of nitriles is 1. The van der Waals surface area contributed by atoms with Crippen LogP contribution in [-0.4, -0.2) is 5.11 Å². The van der Waals surface area contributed by atoms with Crippen LogP contribution in [0.1, 0.15) is 12.0 Å². The molecule has 2 nitrogen and oxygen atoms in total. The van der Waals surface area contributed by atoms with E-state index in [1.54, 1.807) is 6.07 Å². The number of phenolic OH excluding ortho intramolecular Hbond substituents is 1. The molecule has 1 aromatic carbocycles. The van der Waals surface area contributed by atoms with Gasteiger partial charge in [-0.05, 0) is 40.0 Å². The van der Waals surface area contributed by atoms with Gasteiger partial charge >= 0.3 is 0 Å². The first kappa shape index (κ1) is 10.0. The third kappa shape index (κ3) is 2.43. The molecule has 4 heteroatoms. The number of halogens is 2. The summed E-state index contributed by atoms with van der Waals surface area (Å²) in [7, 11) is 0. The maximum atomic E-state index is 12.9. The molecule has 0 bridgehead atoms. The lowest BCUT2D eigenvalue weighted by molar-refractivity contribution is 0.429. The Morgan fingerprint density at radius 1 is 1.54 bits per heavy atom. The zero-order valence-electron chi connectivity index (χ0n) is 6.72. The first-order valence-corrected chi connectivity index (χ1v) is 4.48. The molecule has 0 aliphatic heterocycles. The number of benzene rings is 1. The minimum absolute atomic E-state index is 0.223. The van der Waals surface area contributed by atoms with Crippen LogP contribution >= 0.6 is 15.9 Å². The molecule has 1 N–H and O–H groups in total. The molecule has 0 amide bonds. The Kier molecular flexibility index (Phi) is 3.26. The second-order valence-corrected chi connectivity index (χ2v) is 3.42. The molecule has 0 atom stereocenters. The number of aromatic hydroxyl groups is 1. The second kappa shape index (κ2) is 4.24. The summed E-state index contributed by atoms with van der Waals surface area (Å²) in [5, 5.41) is 17.4. The Labute approximate surface area is 83.7 Å². The van der Waals surface area contributed by atoms with Gasteiger partial charge in [-0.2, -0.15) is 5.26 Å². The van der Waals surface area contributed by atoms with Crippen LogP contribution < -0.4 is 0 Å². The number of hydrogen-bond acceptors (Lipinski definition) is 2. The van der Waals surface area contributed by atoms with Crippen molar-refractivity contribution in [1.29, 1.82) is 5.26 Å². The minimum Gasteiger partial charge on any atom is -0.505 e. The van der Waals surface area contributed by atoms with E-state index in [0.717, 1.165) is 5.56 Å². The van der Waals surface area contributed by atoms with E-state index >= 15 is 0 Å². The van der Waals surface area contributed by atoms with Crippen molar-refractivity contribution in [3.05, 3.63) is 28.0 Å². The largest absolute Gasteiger partial charge is 0.505 e. The Balaban J connectivity index is 2.94. The average Bonchev–Trinajstić information content (AvgIpc) is 2.10. The van der Waals surface area contributed by atoms with Gasteiger partial charge in [0.15, 0.2) is 11.6 Å². The maximum Gasteiger partial charge on any atom is 0.178 e. The van der Waals surface area contributed by atoms with Gasteiger partial charge in [0.1, 0.15) is 0 Å². The van der Waals surface area contributed by atoms with E-state index in [1.165, 1.54) is 6.07 Å². The summed E-state index contributed by atoms with van der Waals surface area (Å²) in [6, 6.07) is 4.87. The highest BCUT2D eigenvalue weighted by Crippen LogP contribution is 2.26. The topological polar surface area (TPSA) is 44.0 Å². The normalized spacial score (nSPS) is 9.62. The molecule has 1 aromatic rings. The van der Waals surface area contributed by atoms with Gasteiger partial charge in [0.05, 0.1) is 10.5 Å². The Morgan fingerprint density at radius 2 is 2.23 bits per heavy atom. The molecule has 1 rings (SSSR count). The van der Waals surface area contributed by atoms with Crippen LogP contribution in [-0.2, 0) is 6.42 Å². The predicted octanol–water partition coefficient (Wildman–Crippen LogP) is 2.75. The molecule has 13 heavy (non-hydrogen) atoms. The van der Waals surface area contributed by atoms with E-state index < -0.39 is 5.82 Å². The molecular weight excluding hydrogens is 237 g/mol. The highest BCUT2D eigenvalue weighted by Gasteiger charge is 2.07. The zero-order chi connectivity index (χ0) is 9.84. The van der Waals surface area contributed by atoms with Crippen molar-refractivity contribution in [1.82, 2.24) is 0 Å². The van der Waals surface area contributed by atoms with Crippen molar-refractivity contribution in [2.45, 2.75) is 12.8 Å². The van der Waals surface area contributed by atoms with Crippen molar-refractivity contribution in [3.8, 4) is 11.8 Å². The lowest BCUT2D eigenvalue weighted by Gasteiger charge is -2.02. The fourth-order valence-corrected chi connectivity index (χ4v) is 1.47. The fraction of sp³-hybridized carbons (Fsp3) is 0.222. The summed E-state index contributed by atoms with van der Waals surface area (Å²) in [5.74, 6) is -1.05. The van der Waals surface area contributed by atoms with Crippen molar-refractivity contribution in [2.24, 2.45) is 0 Å². The molecule has 0 saturated carbocycles. The molecule has 0 aromatic heterocycles. The number of aryl methyl sites for hydroxylation is 1. The molecule has 0 unspecified atom stereocenters. The third-order valence-corrected chi connectivity index (χ3v) is 2.17. The smallest absolute Gasteiger partial charge is 0.178 e. The molecule has 0 aliphatic carbocycles. The predicted molar refractivity (Wildman–Crippen MR) is 49.7 cm³/mol. The maximum absolute atomic E-state index is 12.9. The van der Waals surface area contributed by atoms with E-state index in [-0.39, 0.29) is 10.2 Å². The number of phenols is 1. The van der Waals surface area contributed by atoms with Crippen LogP contribution in [0.15, 0.2) is 16.6 Å². The molecule has 0 spiro atoms. The average molecular weight is 244 g/mol. The SMILES string of the molecule is N#CCCc1cc(O)c(F)c(Br)c1. The molecule has 0 saturated heterocycles. The van der Waals surface area contributed by atoms with Crippen LogP contribution in [0, 0.1) is 17.1 Å². The van der Waals surface area contributed by atoms with Gasteiger partial charge in [-0.25, -0.2) is 4.39 Å². The van der Waals surface area contributed by atoms with Crippen LogP contribution in [0.3, 0.4) is 0 Å². The van der Waals surface area contributed by atoms with Crippen molar-refractivity contribution in [2.75, 3.05) is 0 Å². The highest BCUT2D eigenvalue weighted by atomic mass is 79.9. The van der Waals surface area contributed by atoms with Gasteiger partial charge in [-0.1, -0.05) is 0 Å². The lowest BCUT2D eigenvalue weighted by atomic mass is 10.1. The molecule has 68 valence electrons. The molecular formula is C9H7BrFNO. The highest BCUT2D eigenvalue weighted by molar-refractivity contribution is 9.10. The van der Waals surface area contributed by atoms with Crippen LogP contribution in [0.5, 0.6) is 5.75 Å². The van der Waals surface area contributed by atoms with Gasteiger partial charge in [-0.15, -0.1) is 0 Å². The summed E-state index contributed by atoms with van der Waals surface area (Å²) >= 11 is 2.97. The van der Waals surface area contributed by atoms with Crippen molar-refractivity contribution < 1.29 is 9.50 Å². The Morgan fingerprint density at radius 3 is 2.77 bits per heavy atom. The zero-order valence-corrected chi connectivity index (χ0v) is 8.31. The van der Waals surface area contributed by atoms with Gasteiger partial charge in [0.2, 0.25) is 0 Å². The number of hydrogen-bond donors (Lipinski definition) is 1. The van der Waals surface area contributed by atoms with Crippen LogP contribution in [0.2, 0.25) is 0 Å². The number of nitrogens with zero attached hydrogens (tertiary/aromatic N) is 1. The summed E-state index contributed by atoms with van der Waals surface area (Å²) in [5.41, 5.74) is 0.743. The van der Waals surface area contributed by atoms with Gasteiger partial charge in [-0.3, -0.25) is 0 Å². The van der Waals surface area contributed by atoms with Crippen molar-refractivity contribution >= 4 is 15.9 Å². The second-order valence-electron chi connectivity index (χ2n) is 2.57. The van der Waals surface area contributed by atoms with Gasteiger partial charge in [0, 0.05) is 6.42 Å². The summed E-state index contributed by atoms with van der Waals surface area (Å²) in [6.07, 6.45) is 0.875. The van der Waals surface area contributed by atoms with E-state index in [4.69, 9.17) is 10.4 Å². The molecule has 0 aliphatic rings. The van der Waals surface area contributed by atoms with E-state index in [1.807, 2.05) is 6.07 Å². The summed E-state index contributed by atoms with van der Waals surface area (Å²) < 4.78 is 13.1. The molecule has 0 radical (unpaired) electrons. The van der Waals surface area contributed by atoms with Gasteiger partial charge < -0.3 is 5.11 Å². The first-order chi connectivity index (χ1) is 6.15. The summed E-state index contributed by atoms with van der Waals surface area (Å²) in [4.78, 5) is 0. The first-order valence-electron chi connectivity index (χ1n) is 3.69. The number of rotatable bonds is 2. The van der Waals surface area contributed by atoms with E-state index in [0.29, 0.717) is 12.8 Å². The van der Waals surface area contributed by atoms with Crippen LogP contribution in [0.4, 0.5) is 4.39 Å². The minimum atomic E-state index is -0.666. The Hall–Kier alpha value is -1.08.